The van der Waals surface area contributed by atoms with Crippen LogP contribution in [0.4, 0.5) is 0 Å². The molecule has 0 radical (unpaired) electrons. The monoisotopic (exact) mass is 208 g/mol. The number of ether oxygens (including phenoxy) is 1. The Bertz CT molecular complexity index is 326. The third-order valence-electron chi connectivity index (χ3n) is 2.40. The minimum atomic E-state index is -1.42. The van der Waals surface area contributed by atoms with Crippen molar-refractivity contribution >= 4 is 12.6 Å². The van der Waals surface area contributed by atoms with Crippen molar-refractivity contribution in [3.63, 3.8) is 0 Å². The third-order valence-corrected chi connectivity index (χ3v) is 2.40. The van der Waals surface area contributed by atoms with Crippen molar-refractivity contribution in [2.24, 2.45) is 0 Å². The molecule has 0 spiro atoms. The van der Waals surface area contributed by atoms with Gasteiger partial charge in [0.15, 0.2) is 0 Å². The van der Waals surface area contributed by atoms with Crippen LogP contribution in [-0.4, -0.2) is 23.3 Å². The topological polar surface area (TPSA) is 49.7 Å². The van der Waals surface area contributed by atoms with Crippen LogP contribution in [0.2, 0.25) is 0 Å². The molecule has 1 rings (SSSR count). The number of hydrogen-bond acceptors (Lipinski definition) is 3. The van der Waals surface area contributed by atoms with Gasteiger partial charge < -0.3 is 14.8 Å². The molecule has 1 aromatic rings. The maximum absolute atomic E-state index is 8.98. The predicted octanol–water partition coefficient (Wildman–Crippen LogP) is 0.852. The normalized spacial score (nSPS) is 12.3. The first-order valence-electron chi connectivity index (χ1n) is 5.18. The molecule has 0 saturated heterocycles. The summed E-state index contributed by atoms with van der Waals surface area (Å²) >= 11 is 0. The summed E-state index contributed by atoms with van der Waals surface area (Å²) in [6.07, 6.45) is 1.12. The minimum absolute atomic E-state index is 0.175. The molecule has 0 amide bonds. The molecule has 4 heteroatoms. The molecule has 0 saturated carbocycles. The Morgan fingerprint density at radius 1 is 1.40 bits per heavy atom. The fraction of sp³-hybridized carbons (Fsp3) is 0.455. The van der Waals surface area contributed by atoms with Gasteiger partial charge in [-0.2, -0.15) is 0 Å². The van der Waals surface area contributed by atoms with Crippen molar-refractivity contribution < 1.29 is 14.8 Å². The first-order chi connectivity index (χ1) is 7.04. The lowest BCUT2D eigenvalue weighted by Crippen LogP contribution is -2.30. The zero-order valence-corrected chi connectivity index (χ0v) is 9.40. The van der Waals surface area contributed by atoms with Gasteiger partial charge in [-0.15, -0.1) is 0 Å². The zero-order chi connectivity index (χ0) is 11.4. The lowest BCUT2D eigenvalue weighted by atomic mass is 9.79. The third kappa shape index (κ3) is 3.25. The molecule has 0 fully saturated rings. The highest BCUT2D eigenvalue weighted by molar-refractivity contribution is 6.58. The summed E-state index contributed by atoms with van der Waals surface area (Å²) in [7, 11) is -1.42. The molecular formula is C11H17BO3. The molecule has 1 aromatic carbocycles. The van der Waals surface area contributed by atoms with E-state index in [0.29, 0.717) is 5.46 Å². The van der Waals surface area contributed by atoms with Crippen LogP contribution in [0.5, 0.6) is 5.75 Å². The number of benzene rings is 1. The Morgan fingerprint density at radius 3 is 2.53 bits per heavy atom. The molecule has 0 aliphatic carbocycles. The van der Waals surface area contributed by atoms with E-state index in [1.807, 2.05) is 13.8 Å². The van der Waals surface area contributed by atoms with Gasteiger partial charge in [0.1, 0.15) is 5.75 Å². The molecule has 15 heavy (non-hydrogen) atoms. The Labute approximate surface area is 90.9 Å². The van der Waals surface area contributed by atoms with E-state index in [9.17, 15) is 0 Å². The minimum Gasteiger partial charge on any atom is -0.490 e. The second kappa shape index (κ2) is 5.19. The Kier molecular flexibility index (Phi) is 4.18. The molecular weight excluding hydrogens is 191 g/mol. The fourth-order valence-corrected chi connectivity index (χ4v) is 1.27. The van der Waals surface area contributed by atoms with Crippen molar-refractivity contribution in [1.82, 2.24) is 0 Å². The van der Waals surface area contributed by atoms with Crippen LogP contribution in [0.1, 0.15) is 25.8 Å². The summed E-state index contributed by atoms with van der Waals surface area (Å²) < 4.78 is 5.67. The number of aryl methyl sites for hydroxylation is 1. The highest BCUT2D eigenvalue weighted by Gasteiger charge is 2.12. The number of rotatable bonds is 4. The summed E-state index contributed by atoms with van der Waals surface area (Å²) in [6.45, 7) is 5.96. The van der Waals surface area contributed by atoms with Crippen molar-refractivity contribution in [3.05, 3.63) is 23.8 Å². The maximum atomic E-state index is 8.98. The molecule has 0 aromatic heterocycles. The smallest absolute Gasteiger partial charge is 0.488 e. The van der Waals surface area contributed by atoms with Gasteiger partial charge in [-0.05, 0) is 37.4 Å². The van der Waals surface area contributed by atoms with Crippen LogP contribution in [0.25, 0.3) is 0 Å². The molecule has 0 bridgehead atoms. The predicted molar refractivity (Wildman–Crippen MR) is 61.4 cm³/mol. The summed E-state index contributed by atoms with van der Waals surface area (Å²) in [6, 6.07) is 5.16. The second-order valence-electron chi connectivity index (χ2n) is 3.74. The van der Waals surface area contributed by atoms with E-state index in [0.717, 1.165) is 17.7 Å². The van der Waals surface area contributed by atoms with Crippen LogP contribution < -0.4 is 10.2 Å². The average molecular weight is 208 g/mol. The quantitative estimate of drug-likeness (QED) is 0.721. The first-order valence-corrected chi connectivity index (χ1v) is 5.18. The Balaban J connectivity index is 2.83. The van der Waals surface area contributed by atoms with E-state index in [-0.39, 0.29) is 6.10 Å². The zero-order valence-electron chi connectivity index (χ0n) is 9.40. The molecule has 3 nitrogen and oxygen atoms in total. The van der Waals surface area contributed by atoms with E-state index in [1.54, 1.807) is 18.2 Å². The number of hydrogen-bond donors (Lipinski definition) is 2. The van der Waals surface area contributed by atoms with E-state index in [2.05, 4.69) is 6.92 Å². The lowest BCUT2D eigenvalue weighted by molar-refractivity contribution is 0.216. The largest absolute Gasteiger partial charge is 0.490 e. The van der Waals surface area contributed by atoms with Crippen LogP contribution in [0.15, 0.2) is 18.2 Å². The van der Waals surface area contributed by atoms with Crippen molar-refractivity contribution in [2.75, 3.05) is 0 Å². The van der Waals surface area contributed by atoms with Gasteiger partial charge in [-0.1, -0.05) is 19.1 Å². The highest BCUT2D eigenvalue weighted by Crippen LogP contribution is 2.17. The van der Waals surface area contributed by atoms with Crippen LogP contribution in [-0.2, 0) is 0 Å². The van der Waals surface area contributed by atoms with Gasteiger partial charge in [0.25, 0.3) is 0 Å². The molecule has 1 atom stereocenters. The van der Waals surface area contributed by atoms with Crippen molar-refractivity contribution in [1.29, 1.82) is 0 Å². The average Bonchev–Trinajstić information content (AvgIpc) is 2.20. The van der Waals surface area contributed by atoms with Gasteiger partial charge in [0.2, 0.25) is 0 Å². The fourth-order valence-electron chi connectivity index (χ4n) is 1.27. The molecule has 0 heterocycles. The van der Waals surface area contributed by atoms with Crippen LogP contribution >= 0.6 is 0 Å². The summed E-state index contributed by atoms with van der Waals surface area (Å²) in [4.78, 5) is 0. The summed E-state index contributed by atoms with van der Waals surface area (Å²) in [5.74, 6) is 0.800. The van der Waals surface area contributed by atoms with E-state index in [1.165, 1.54) is 0 Å². The van der Waals surface area contributed by atoms with Gasteiger partial charge in [-0.3, -0.25) is 0 Å². The molecule has 1 unspecified atom stereocenters. The maximum Gasteiger partial charge on any atom is 0.488 e. The SMILES string of the molecule is CCC(C)Oc1ccc(B(O)O)cc1C. The molecule has 82 valence electrons. The summed E-state index contributed by atoms with van der Waals surface area (Å²) in [5.41, 5.74) is 1.41. The van der Waals surface area contributed by atoms with Gasteiger partial charge in [-0.25, -0.2) is 0 Å². The van der Waals surface area contributed by atoms with E-state index >= 15 is 0 Å². The van der Waals surface area contributed by atoms with E-state index < -0.39 is 7.12 Å². The standard InChI is InChI=1S/C11H17BO3/c1-4-9(3)15-11-6-5-10(12(13)14)7-8(11)2/h5-7,9,13-14H,4H2,1-3H3. The van der Waals surface area contributed by atoms with Crippen LogP contribution in [0, 0.1) is 6.92 Å². The van der Waals surface area contributed by atoms with Gasteiger partial charge in [0, 0.05) is 0 Å². The molecule has 0 aliphatic rings. The highest BCUT2D eigenvalue weighted by atomic mass is 16.5. The first kappa shape index (κ1) is 12.1. The van der Waals surface area contributed by atoms with Crippen molar-refractivity contribution in [2.45, 2.75) is 33.3 Å². The Hall–Kier alpha value is -0.995. The lowest BCUT2D eigenvalue weighted by Gasteiger charge is -2.15. The molecule has 2 N–H and O–H groups in total. The second-order valence-corrected chi connectivity index (χ2v) is 3.74. The van der Waals surface area contributed by atoms with Gasteiger partial charge in [0.05, 0.1) is 6.10 Å². The molecule has 0 aliphatic heterocycles. The van der Waals surface area contributed by atoms with E-state index in [4.69, 9.17) is 14.8 Å². The Morgan fingerprint density at radius 2 is 2.07 bits per heavy atom. The van der Waals surface area contributed by atoms with Crippen LogP contribution in [0.3, 0.4) is 0 Å². The van der Waals surface area contributed by atoms with Gasteiger partial charge >= 0.3 is 7.12 Å². The van der Waals surface area contributed by atoms with Crippen molar-refractivity contribution in [3.8, 4) is 5.75 Å². The summed E-state index contributed by atoms with van der Waals surface area (Å²) in [5, 5.41) is 18.0.